The van der Waals surface area contributed by atoms with E-state index < -0.39 is 0 Å². The molecular formula is C27H32N4. The van der Waals surface area contributed by atoms with Gasteiger partial charge in [-0.1, -0.05) is 86.8 Å². The zero-order valence-electron chi connectivity index (χ0n) is 18.9. The second-order valence-corrected chi connectivity index (χ2v) is 8.24. The van der Waals surface area contributed by atoms with Crippen LogP contribution in [0.4, 0.5) is 5.82 Å². The molecule has 2 aromatic carbocycles. The summed E-state index contributed by atoms with van der Waals surface area (Å²) in [6.07, 6.45) is 5.77. The zero-order valence-corrected chi connectivity index (χ0v) is 18.9. The zero-order chi connectivity index (χ0) is 21.6. The Balaban J connectivity index is 1.80. The number of benzene rings is 2. The van der Waals surface area contributed by atoms with Gasteiger partial charge in [0.05, 0.1) is 5.69 Å². The van der Waals surface area contributed by atoms with E-state index in [1.807, 2.05) is 10.6 Å². The van der Waals surface area contributed by atoms with Gasteiger partial charge in [-0.3, -0.25) is 0 Å². The quantitative estimate of drug-likeness (QED) is 0.315. The van der Waals surface area contributed by atoms with E-state index in [1.54, 1.807) is 0 Å². The van der Waals surface area contributed by atoms with Crippen LogP contribution in [0.25, 0.3) is 16.8 Å². The number of aromatic nitrogens is 3. The molecule has 4 heteroatoms. The van der Waals surface area contributed by atoms with Crippen molar-refractivity contribution in [1.29, 1.82) is 0 Å². The second kappa shape index (κ2) is 9.78. The monoisotopic (exact) mass is 412 g/mol. The molecule has 0 spiro atoms. The SMILES string of the molecule is CCCCCCNc1c(Cc2ccccc2)c(C)nc2c(-c3ccccc3)c(C)nn12. The van der Waals surface area contributed by atoms with E-state index in [9.17, 15) is 0 Å². The topological polar surface area (TPSA) is 42.2 Å². The van der Waals surface area contributed by atoms with Gasteiger partial charge in [-0.15, -0.1) is 0 Å². The lowest BCUT2D eigenvalue weighted by molar-refractivity contribution is 0.682. The van der Waals surface area contributed by atoms with Crippen molar-refractivity contribution < 1.29 is 0 Å². The third-order valence-electron chi connectivity index (χ3n) is 5.85. The highest BCUT2D eigenvalue weighted by molar-refractivity contribution is 5.81. The van der Waals surface area contributed by atoms with Gasteiger partial charge < -0.3 is 5.32 Å². The molecule has 0 fully saturated rings. The van der Waals surface area contributed by atoms with Gasteiger partial charge in [0.15, 0.2) is 5.65 Å². The first-order valence-electron chi connectivity index (χ1n) is 11.4. The van der Waals surface area contributed by atoms with Gasteiger partial charge in [0.1, 0.15) is 5.82 Å². The number of hydrogen-bond acceptors (Lipinski definition) is 3. The summed E-state index contributed by atoms with van der Waals surface area (Å²) in [6.45, 7) is 7.39. The maximum atomic E-state index is 5.05. The van der Waals surface area contributed by atoms with E-state index in [0.717, 1.165) is 53.4 Å². The fourth-order valence-corrected chi connectivity index (χ4v) is 4.19. The highest BCUT2D eigenvalue weighted by atomic mass is 15.3. The number of unbranched alkanes of at least 4 members (excludes halogenated alkanes) is 3. The predicted molar refractivity (Wildman–Crippen MR) is 130 cm³/mol. The Morgan fingerprint density at radius 1 is 0.839 bits per heavy atom. The van der Waals surface area contributed by atoms with Crippen molar-refractivity contribution in [1.82, 2.24) is 14.6 Å². The van der Waals surface area contributed by atoms with Crippen molar-refractivity contribution in [2.24, 2.45) is 0 Å². The highest BCUT2D eigenvalue weighted by Gasteiger charge is 2.20. The average molecular weight is 413 g/mol. The van der Waals surface area contributed by atoms with Crippen molar-refractivity contribution in [3.8, 4) is 11.1 Å². The van der Waals surface area contributed by atoms with Gasteiger partial charge in [0, 0.05) is 29.8 Å². The first kappa shape index (κ1) is 21.1. The largest absolute Gasteiger partial charge is 0.370 e. The Labute approximate surface area is 185 Å². The van der Waals surface area contributed by atoms with Gasteiger partial charge in [-0.05, 0) is 31.4 Å². The summed E-state index contributed by atoms with van der Waals surface area (Å²) in [7, 11) is 0. The number of fused-ring (bicyclic) bond motifs is 1. The minimum atomic E-state index is 0.840. The Morgan fingerprint density at radius 2 is 1.55 bits per heavy atom. The summed E-state index contributed by atoms with van der Waals surface area (Å²) in [5.74, 6) is 1.08. The third-order valence-corrected chi connectivity index (χ3v) is 5.85. The predicted octanol–water partition coefficient (Wildman–Crippen LogP) is 6.60. The lowest BCUT2D eigenvalue weighted by Gasteiger charge is -2.16. The molecule has 2 heterocycles. The summed E-state index contributed by atoms with van der Waals surface area (Å²) in [5, 5.41) is 8.67. The van der Waals surface area contributed by atoms with E-state index in [4.69, 9.17) is 10.1 Å². The number of rotatable bonds is 9. The van der Waals surface area contributed by atoms with Gasteiger partial charge in [0.25, 0.3) is 0 Å². The van der Waals surface area contributed by atoms with Crippen molar-refractivity contribution in [2.45, 2.75) is 52.9 Å². The van der Waals surface area contributed by atoms with Gasteiger partial charge in [0.2, 0.25) is 0 Å². The van der Waals surface area contributed by atoms with Crippen LogP contribution in [0.15, 0.2) is 60.7 Å². The molecule has 2 aromatic heterocycles. The molecular weight excluding hydrogens is 380 g/mol. The van der Waals surface area contributed by atoms with Crippen LogP contribution in [0.2, 0.25) is 0 Å². The molecule has 160 valence electrons. The van der Waals surface area contributed by atoms with E-state index in [0.29, 0.717) is 0 Å². The Morgan fingerprint density at radius 3 is 2.26 bits per heavy atom. The molecule has 0 unspecified atom stereocenters. The van der Waals surface area contributed by atoms with Crippen LogP contribution >= 0.6 is 0 Å². The third kappa shape index (κ3) is 4.63. The normalized spacial score (nSPS) is 11.2. The number of nitrogens with one attached hydrogen (secondary N) is 1. The molecule has 4 rings (SSSR count). The Hall–Kier alpha value is -3.14. The molecule has 0 saturated heterocycles. The fourth-order valence-electron chi connectivity index (χ4n) is 4.19. The molecule has 31 heavy (non-hydrogen) atoms. The summed E-state index contributed by atoms with van der Waals surface area (Å²) in [4.78, 5) is 5.05. The van der Waals surface area contributed by atoms with Crippen LogP contribution in [-0.4, -0.2) is 21.1 Å². The highest BCUT2D eigenvalue weighted by Crippen LogP contribution is 2.32. The number of nitrogens with zero attached hydrogens (tertiary/aromatic N) is 3. The summed E-state index contributed by atoms with van der Waals surface area (Å²) in [6, 6.07) is 21.1. The molecule has 0 aliphatic rings. The molecule has 1 N–H and O–H groups in total. The number of anilines is 1. The lowest BCUT2D eigenvalue weighted by Crippen LogP contribution is -2.13. The minimum absolute atomic E-state index is 0.840. The number of hydrogen-bond donors (Lipinski definition) is 1. The van der Waals surface area contributed by atoms with Gasteiger partial charge >= 0.3 is 0 Å². The molecule has 0 amide bonds. The molecule has 0 aliphatic heterocycles. The first-order chi connectivity index (χ1) is 15.2. The van der Waals surface area contributed by atoms with Gasteiger partial charge in [-0.25, -0.2) is 4.98 Å². The van der Waals surface area contributed by atoms with Crippen LogP contribution in [0.5, 0.6) is 0 Å². The van der Waals surface area contributed by atoms with Crippen molar-refractivity contribution >= 4 is 11.5 Å². The second-order valence-electron chi connectivity index (χ2n) is 8.24. The summed E-state index contributed by atoms with van der Waals surface area (Å²) >= 11 is 0. The molecule has 0 atom stereocenters. The summed E-state index contributed by atoms with van der Waals surface area (Å²) < 4.78 is 2.03. The van der Waals surface area contributed by atoms with Gasteiger partial charge in [-0.2, -0.15) is 9.61 Å². The standard InChI is InChI=1S/C27H32N4/c1-4-5-6-13-18-28-26-24(19-22-14-9-7-10-15-22)20(2)29-27-25(21(3)30-31(26)27)23-16-11-8-12-17-23/h7-12,14-17,28H,4-6,13,18-19H2,1-3H3. The molecule has 4 aromatic rings. The van der Waals surface area contributed by atoms with E-state index in [2.05, 4.69) is 80.7 Å². The van der Waals surface area contributed by atoms with Crippen molar-refractivity contribution in [3.63, 3.8) is 0 Å². The van der Waals surface area contributed by atoms with Crippen LogP contribution in [-0.2, 0) is 6.42 Å². The maximum Gasteiger partial charge on any atom is 0.165 e. The molecule has 0 bridgehead atoms. The maximum absolute atomic E-state index is 5.05. The van der Waals surface area contributed by atoms with Crippen molar-refractivity contribution in [3.05, 3.63) is 83.2 Å². The van der Waals surface area contributed by atoms with Crippen LogP contribution in [0, 0.1) is 13.8 Å². The molecule has 4 nitrogen and oxygen atoms in total. The Kier molecular flexibility index (Phi) is 6.66. The van der Waals surface area contributed by atoms with E-state index in [1.165, 1.54) is 30.4 Å². The van der Waals surface area contributed by atoms with E-state index in [-0.39, 0.29) is 0 Å². The molecule has 0 saturated carbocycles. The minimum Gasteiger partial charge on any atom is -0.370 e. The smallest absolute Gasteiger partial charge is 0.165 e. The average Bonchev–Trinajstić information content (AvgIpc) is 3.12. The lowest BCUT2D eigenvalue weighted by atomic mass is 10.0. The van der Waals surface area contributed by atoms with E-state index >= 15 is 0 Å². The molecule has 0 aliphatic carbocycles. The van der Waals surface area contributed by atoms with Crippen LogP contribution in [0.1, 0.15) is 55.1 Å². The number of aryl methyl sites for hydroxylation is 2. The Bertz CT molecular complexity index is 1130. The first-order valence-corrected chi connectivity index (χ1v) is 11.4. The van der Waals surface area contributed by atoms with Crippen LogP contribution < -0.4 is 5.32 Å². The fraction of sp³-hybridized carbons (Fsp3) is 0.333. The molecule has 0 radical (unpaired) electrons. The van der Waals surface area contributed by atoms with Crippen molar-refractivity contribution in [2.75, 3.05) is 11.9 Å². The summed E-state index contributed by atoms with van der Waals surface area (Å²) in [5.41, 5.74) is 7.77. The van der Waals surface area contributed by atoms with Crippen LogP contribution in [0.3, 0.4) is 0 Å².